The Morgan fingerprint density at radius 3 is 2.02 bits per heavy atom. The van der Waals surface area contributed by atoms with E-state index in [1.54, 1.807) is 0 Å². The minimum Gasteiger partial charge on any atom is -0.464 e. The first-order valence-electron chi connectivity index (χ1n) is 20.2. The number of hydrogen-bond acceptors (Lipinski definition) is 6. The van der Waals surface area contributed by atoms with Crippen molar-refractivity contribution in [2.24, 2.45) is 0 Å². The van der Waals surface area contributed by atoms with Crippen LogP contribution in [0.4, 0.5) is 0 Å². The predicted octanol–water partition coefficient (Wildman–Crippen LogP) is 11.5. The Morgan fingerprint density at radius 1 is 0.723 bits per heavy atom. The molecule has 1 rings (SSSR count). The van der Waals surface area contributed by atoms with Gasteiger partial charge in [-0.3, -0.25) is 9.69 Å². The molecule has 1 saturated heterocycles. The normalized spacial score (nSPS) is 17.5. The molecule has 47 heavy (non-hydrogen) atoms. The van der Waals surface area contributed by atoms with Crippen LogP contribution in [0.25, 0.3) is 0 Å². The van der Waals surface area contributed by atoms with Gasteiger partial charge in [0.25, 0.3) is 0 Å². The predicted molar refractivity (Wildman–Crippen MR) is 199 cm³/mol. The zero-order chi connectivity index (χ0) is 34.0. The molecule has 276 valence electrons. The number of hydrogen-bond donors (Lipinski definition) is 0. The molecule has 1 aliphatic heterocycles. The Kier molecular flexibility index (Phi) is 31.0. The number of ether oxygens (including phenoxy) is 4. The molecule has 1 fully saturated rings. The number of carbonyl (C=O) groups excluding carboxylic acids is 1. The number of esters is 1. The molecule has 0 bridgehead atoms. The molecule has 0 saturated carbocycles. The fourth-order valence-electron chi connectivity index (χ4n) is 6.02. The van der Waals surface area contributed by atoms with Gasteiger partial charge in [-0.15, -0.1) is 0 Å². The molecule has 1 heterocycles. The molecule has 0 spiro atoms. The van der Waals surface area contributed by atoms with Crippen molar-refractivity contribution in [3.8, 4) is 0 Å². The maximum Gasteiger partial charge on any atom is 0.305 e. The van der Waals surface area contributed by atoms with Crippen molar-refractivity contribution in [3.05, 3.63) is 24.3 Å². The van der Waals surface area contributed by atoms with Crippen LogP contribution >= 0.6 is 0 Å². The highest BCUT2D eigenvalue weighted by atomic mass is 16.7. The van der Waals surface area contributed by atoms with Crippen LogP contribution in [0.5, 0.6) is 0 Å². The minimum absolute atomic E-state index is 0.0859. The molecule has 0 aromatic carbocycles. The Bertz CT molecular complexity index is 741. The van der Waals surface area contributed by atoms with E-state index < -0.39 is 0 Å². The molecule has 3 unspecified atom stereocenters. The summed E-state index contributed by atoms with van der Waals surface area (Å²) in [4.78, 5) is 14.5. The van der Waals surface area contributed by atoms with Crippen molar-refractivity contribution >= 4 is 5.97 Å². The van der Waals surface area contributed by atoms with E-state index in [-0.39, 0.29) is 24.6 Å². The zero-order valence-electron chi connectivity index (χ0n) is 31.5. The molecule has 0 aliphatic carbocycles. The third-order valence-corrected chi connectivity index (χ3v) is 9.15. The van der Waals surface area contributed by atoms with Gasteiger partial charge in [0.1, 0.15) is 12.8 Å². The number of unbranched alkanes of at least 4 members (excludes halogenated alkanes) is 16. The van der Waals surface area contributed by atoms with E-state index in [0.717, 1.165) is 45.1 Å². The van der Waals surface area contributed by atoms with Gasteiger partial charge in [0, 0.05) is 19.5 Å². The number of nitrogens with zero attached hydrogens (tertiary/aromatic N) is 1. The molecule has 3 atom stereocenters. The van der Waals surface area contributed by atoms with E-state index in [0.29, 0.717) is 32.8 Å². The minimum atomic E-state index is -0.132. The van der Waals surface area contributed by atoms with Crippen molar-refractivity contribution in [1.82, 2.24) is 4.90 Å². The Balaban J connectivity index is 2.26. The average Bonchev–Trinajstić information content (AvgIpc) is 3.54. The van der Waals surface area contributed by atoms with E-state index >= 15 is 0 Å². The standard InChI is InChI=1S/C41H77NO5/c1-5-8-11-14-15-16-17-18-19-20-21-22-23-26-27-30-38(4)44-35-33-42(34-36-45-40(43)31-28-24-12-9-6-2)39-37-46-41(47-39)32-29-25-13-10-7-3/h15-16,18-19,38-39,41H,5-14,17,20-37H2,1-4H3/b16-15-,19-18-. The molecule has 6 nitrogen and oxygen atoms in total. The smallest absolute Gasteiger partial charge is 0.305 e. The second-order valence-electron chi connectivity index (χ2n) is 13.7. The largest absolute Gasteiger partial charge is 0.464 e. The van der Waals surface area contributed by atoms with Crippen molar-refractivity contribution in [2.45, 2.75) is 200 Å². The highest BCUT2D eigenvalue weighted by molar-refractivity contribution is 5.69. The molecule has 0 amide bonds. The van der Waals surface area contributed by atoms with Gasteiger partial charge in [-0.05, 0) is 64.7 Å². The Hall–Kier alpha value is -1.21. The third kappa shape index (κ3) is 27.3. The summed E-state index contributed by atoms with van der Waals surface area (Å²) in [7, 11) is 0. The lowest BCUT2D eigenvalue weighted by Gasteiger charge is -2.27. The lowest BCUT2D eigenvalue weighted by Crippen LogP contribution is -2.42. The van der Waals surface area contributed by atoms with E-state index in [1.165, 1.54) is 109 Å². The summed E-state index contributed by atoms with van der Waals surface area (Å²) in [5.74, 6) is -0.0859. The number of carbonyl (C=O) groups is 1. The van der Waals surface area contributed by atoms with Gasteiger partial charge < -0.3 is 18.9 Å². The van der Waals surface area contributed by atoms with Crippen LogP contribution in [-0.2, 0) is 23.7 Å². The van der Waals surface area contributed by atoms with Gasteiger partial charge in [0.05, 0.1) is 19.3 Å². The van der Waals surface area contributed by atoms with Gasteiger partial charge in [-0.25, -0.2) is 0 Å². The van der Waals surface area contributed by atoms with Crippen LogP contribution in [0.2, 0.25) is 0 Å². The highest BCUT2D eigenvalue weighted by Gasteiger charge is 2.30. The Morgan fingerprint density at radius 2 is 1.30 bits per heavy atom. The van der Waals surface area contributed by atoms with Crippen LogP contribution in [0, 0.1) is 0 Å². The first-order chi connectivity index (χ1) is 23.1. The summed E-state index contributed by atoms with van der Waals surface area (Å²) in [6, 6.07) is 0. The monoisotopic (exact) mass is 664 g/mol. The summed E-state index contributed by atoms with van der Waals surface area (Å²) in [5, 5.41) is 0. The summed E-state index contributed by atoms with van der Waals surface area (Å²) >= 11 is 0. The van der Waals surface area contributed by atoms with Crippen molar-refractivity contribution in [3.63, 3.8) is 0 Å². The van der Waals surface area contributed by atoms with Gasteiger partial charge in [0.2, 0.25) is 0 Å². The molecule has 1 aliphatic rings. The summed E-state index contributed by atoms with van der Waals surface area (Å²) in [6.07, 6.45) is 37.7. The van der Waals surface area contributed by atoms with Gasteiger partial charge >= 0.3 is 5.97 Å². The Labute approximate surface area is 291 Å². The SMILES string of the molecule is CCCCC/C=C\C/C=C\CCCCCCCC(C)OCCN(CCOC(=O)CCCCCCC)C1COC(CCCCCCC)O1. The van der Waals surface area contributed by atoms with Crippen molar-refractivity contribution in [2.75, 3.05) is 32.9 Å². The topological polar surface area (TPSA) is 57.2 Å². The molecular formula is C41H77NO5. The molecule has 0 aromatic heterocycles. The van der Waals surface area contributed by atoms with Crippen molar-refractivity contribution < 1.29 is 23.7 Å². The van der Waals surface area contributed by atoms with E-state index in [4.69, 9.17) is 18.9 Å². The molecule has 0 aromatic rings. The molecule has 0 N–H and O–H groups in total. The zero-order valence-corrected chi connectivity index (χ0v) is 31.5. The fourth-order valence-corrected chi connectivity index (χ4v) is 6.02. The van der Waals surface area contributed by atoms with Crippen LogP contribution in [0.3, 0.4) is 0 Å². The average molecular weight is 664 g/mol. The second kappa shape index (κ2) is 33.3. The highest BCUT2D eigenvalue weighted by Crippen LogP contribution is 2.21. The molecular weight excluding hydrogens is 586 g/mol. The maximum absolute atomic E-state index is 12.3. The quantitative estimate of drug-likeness (QED) is 0.0388. The summed E-state index contributed by atoms with van der Waals surface area (Å²) in [6.45, 7) is 11.9. The lowest BCUT2D eigenvalue weighted by atomic mass is 10.1. The first-order valence-corrected chi connectivity index (χ1v) is 20.2. The van der Waals surface area contributed by atoms with Crippen molar-refractivity contribution in [1.29, 1.82) is 0 Å². The summed E-state index contributed by atoms with van der Waals surface area (Å²) in [5.41, 5.74) is 0. The van der Waals surface area contributed by atoms with E-state index in [9.17, 15) is 4.79 Å². The van der Waals surface area contributed by atoms with Crippen LogP contribution in [-0.4, -0.2) is 62.4 Å². The van der Waals surface area contributed by atoms with Gasteiger partial charge in [-0.2, -0.15) is 0 Å². The van der Waals surface area contributed by atoms with Gasteiger partial charge in [0.15, 0.2) is 6.29 Å². The van der Waals surface area contributed by atoms with Crippen LogP contribution in [0.1, 0.15) is 182 Å². The second-order valence-corrected chi connectivity index (χ2v) is 13.7. The first kappa shape index (κ1) is 43.8. The number of allylic oxidation sites excluding steroid dienone is 4. The number of rotatable bonds is 34. The van der Waals surface area contributed by atoms with E-state index in [1.807, 2.05) is 0 Å². The van der Waals surface area contributed by atoms with E-state index in [2.05, 4.69) is 56.9 Å². The summed E-state index contributed by atoms with van der Waals surface area (Å²) < 4.78 is 24.2. The van der Waals surface area contributed by atoms with Crippen LogP contribution in [0.15, 0.2) is 24.3 Å². The third-order valence-electron chi connectivity index (χ3n) is 9.15. The fraction of sp³-hybridized carbons (Fsp3) is 0.878. The van der Waals surface area contributed by atoms with Crippen LogP contribution < -0.4 is 0 Å². The lowest BCUT2D eigenvalue weighted by molar-refractivity contribution is -0.146. The molecule has 0 radical (unpaired) electrons. The van der Waals surface area contributed by atoms with Gasteiger partial charge in [-0.1, -0.05) is 135 Å². The maximum atomic E-state index is 12.3. The molecule has 6 heteroatoms.